The zero-order valence-electron chi connectivity index (χ0n) is 13.1. The monoisotopic (exact) mass is 410 g/mol. The predicted octanol–water partition coefficient (Wildman–Crippen LogP) is 1.47. The summed E-state index contributed by atoms with van der Waals surface area (Å²) in [6.45, 7) is 2.52. The summed E-state index contributed by atoms with van der Waals surface area (Å²) < 4.78 is 3.62. The Balaban J connectivity index is 1.76. The van der Waals surface area contributed by atoms with Gasteiger partial charge in [0.2, 0.25) is 0 Å². The molecule has 8 nitrogen and oxygen atoms in total. The minimum absolute atomic E-state index is 0.366. The van der Waals surface area contributed by atoms with Gasteiger partial charge in [-0.25, -0.2) is 19.7 Å². The Kier molecular flexibility index (Phi) is 4.86. The minimum atomic E-state index is -0.475. The molecule has 0 fully saturated rings. The highest BCUT2D eigenvalue weighted by Crippen LogP contribution is 2.18. The molecule has 0 aliphatic carbocycles. The summed E-state index contributed by atoms with van der Waals surface area (Å²) in [6, 6.07) is 1.86. The van der Waals surface area contributed by atoms with E-state index in [2.05, 4.69) is 35.9 Å². The lowest BCUT2D eigenvalue weighted by Gasteiger charge is -2.05. The standard InChI is InChI=1S/C14H15BrN6O2S/c1-8-4-5-16-13(17-8)24-7-3-6-21-9-10(18-12(21)15)20(2)14(23)19-11(9)22/h4-5H,3,6-7H2,1-2H3,(H,19,22,23). The van der Waals surface area contributed by atoms with Crippen LogP contribution >= 0.6 is 27.7 Å². The van der Waals surface area contributed by atoms with E-state index in [4.69, 9.17) is 0 Å². The van der Waals surface area contributed by atoms with Crippen molar-refractivity contribution in [1.29, 1.82) is 0 Å². The molecule has 3 aromatic rings. The Bertz CT molecular complexity index is 1010. The highest BCUT2D eigenvalue weighted by Gasteiger charge is 2.15. The molecular weight excluding hydrogens is 396 g/mol. The Hall–Kier alpha value is -1.94. The van der Waals surface area contributed by atoms with Crippen molar-refractivity contribution in [2.75, 3.05) is 5.75 Å². The lowest BCUT2D eigenvalue weighted by Crippen LogP contribution is -2.29. The van der Waals surface area contributed by atoms with Gasteiger partial charge in [-0.1, -0.05) is 11.8 Å². The van der Waals surface area contributed by atoms with Crippen molar-refractivity contribution in [3.63, 3.8) is 0 Å². The fraction of sp³-hybridized carbons (Fsp3) is 0.357. The number of aromatic nitrogens is 6. The van der Waals surface area contributed by atoms with Crippen LogP contribution in [-0.2, 0) is 13.6 Å². The second-order valence-corrected chi connectivity index (χ2v) is 6.98. The van der Waals surface area contributed by atoms with E-state index in [-0.39, 0.29) is 0 Å². The molecule has 0 aliphatic heterocycles. The van der Waals surface area contributed by atoms with E-state index in [1.54, 1.807) is 29.6 Å². The molecule has 1 N–H and O–H groups in total. The summed E-state index contributed by atoms with van der Waals surface area (Å²) in [5.74, 6) is 0.805. The molecule has 3 rings (SSSR count). The number of nitrogens with zero attached hydrogens (tertiary/aromatic N) is 5. The summed E-state index contributed by atoms with van der Waals surface area (Å²) >= 11 is 4.93. The number of nitrogens with one attached hydrogen (secondary N) is 1. The molecule has 0 saturated carbocycles. The maximum atomic E-state index is 12.1. The molecule has 0 aromatic carbocycles. The molecule has 0 saturated heterocycles. The van der Waals surface area contributed by atoms with Crippen molar-refractivity contribution in [2.45, 2.75) is 25.0 Å². The Morgan fingerprint density at radius 3 is 2.88 bits per heavy atom. The zero-order chi connectivity index (χ0) is 17.3. The normalized spacial score (nSPS) is 11.3. The number of halogens is 1. The van der Waals surface area contributed by atoms with Gasteiger partial charge in [-0.2, -0.15) is 0 Å². The Morgan fingerprint density at radius 1 is 1.33 bits per heavy atom. The Labute approximate surface area is 149 Å². The molecule has 126 valence electrons. The first-order chi connectivity index (χ1) is 11.5. The van der Waals surface area contributed by atoms with Crippen LogP contribution in [-0.4, -0.2) is 34.8 Å². The van der Waals surface area contributed by atoms with Gasteiger partial charge in [0, 0.05) is 31.2 Å². The summed E-state index contributed by atoms with van der Waals surface area (Å²) in [5.41, 5.74) is 0.784. The first-order valence-electron chi connectivity index (χ1n) is 7.25. The number of fused-ring (bicyclic) bond motifs is 1. The quantitative estimate of drug-likeness (QED) is 0.296. The molecule has 3 aromatic heterocycles. The van der Waals surface area contributed by atoms with Crippen molar-refractivity contribution in [1.82, 2.24) is 29.1 Å². The van der Waals surface area contributed by atoms with Crippen LogP contribution in [0, 0.1) is 6.92 Å². The predicted molar refractivity (Wildman–Crippen MR) is 95.4 cm³/mol. The highest BCUT2D eigenvalue weighted by atomic mass is 79.9. The maximum absolute atomic E-state index is 12.1. The van der Waals surface area contributed by atoms with Crippen molar-refractivity contribution in [3.05, 3.63) is 43.5 Å². The SMILES string of the molecule is Cc1ccnc(SCCCn2c(Br)nc3c2c(=O)[nH]c(=O)n3C)n1. The Morgan fingerprint density at radius 2 is 2.12 bits per heavy atom. The van der Waals surface area contributed by atoms with Crippen LogP contribution in [0.1, 0.15) is 12.1 Å². The van der Waals surface area contributed by atoms with E-state index in [0.717, 1.165) is 23.0 Å². The van der Waals surface area contributed by atoms with E-state index in [1.165, 1.54) is 4.57 Å². The number of imidazole rings is 1. The van der Waals surface area contributed by atoms with Crippen molar-refractivity contribution in [3.8, 4) is 0 Å². The number of hydrogen-bond donors (Lipinski definition) is 1. The van der Waals surface area contributed by atoms with Crippen LogP contribution in [0.4, 0.5) is 0 Å². The van der Waals surface area contributed by atoms with Crippen molar-refractivity contribution in [2.24, 2.45) is 7.05 Å². The van der Waals surface area contributed by atoms with Crippen LogP contribution in [0.2, 0.25) is 0 Å². The molecule has 3 heterocycles. The number of aromatic amines is 1. The molecule has 0 spiro atoms. The average Bonchev–Trinajstić information content (AvgIpc) is 2.87. The van der Waals surface area contributed by atoms with Crippen LogP contribution in [0.5, 0.6) is 0 Å². The summed E-state index contributed by atoms with van der Waals surface area (Å²) in [5, 5.41) is 0.741. The lowest BCUT2D eigenvalue weighted by atomic mass is 10.4. The fourth-order valence-corrected chi connectivity index (χ4v) is 3.62. The van der Waals surface area contributed by atoms with Gasteiger partial charge in [0.1, 0.15) is 0 Å². The summed E-state index contributed by atoms with van der Waals surface area (Å²) in [4.78, 5) is 38.9. The van der Waals surface area contributed by atoms with Gasteiger partial charge in [0.25, 0.3) is 5.56 Å². The second-order valence-electron chi connectivity index (χ2n) is 5.21. The molecule has 0 atom stereocenters. The number of H-pyrrole nitrogens is 1. The van der Waals surface area contributed by atoms with Gasteiger partial charge in [0.05, 0.1) is 0 Å². The van der Waals surface area contributed by atoms with Crippen LogP contribution in [0.15, 0.2) is 31.7 Å². The summed E-state index contributed by atoms with van der Waals surface area (Å²) in [7, 11) is 1.58. The van der Waals surface area contributed by atoms with E-state index in [1.807, 2.05) is 13.0 Å². The zero-order valence-corrected chi connectivity index (χ0v) is 15.5. The first kappa shape index (κ1) is 16.9. The van der Waals surface area contributed by atoms with Gasteiger partial charge < -0.3 is 4.57 Å². The number of hydrogen-bond acceptors (Lipinski definition) is 6. The largest absolute Gasteiger partial charge is 0.329 e. The molecule has 24 heavy (non-hydrogen) atoms. The molecule has 10 heteroatoms. The smallest absolute Gasteiger partial charge is 0.313 e. The van der Waals surface area contributed by atoms with Gasteiger partial charge in [-0.15, -0.1) is 0 Å². The first-order valence-corrected chi connectivity index (χ1v) is 9.02. The minimum Gasteiger partial charge on any atom is -0.313 e. The number of rotatable bonds is 5. The van der Waals surface area contributed by atoms with Crippen LogP contribution in [0.25, 0.3) is 11.2 Å². The van der Waals surface area contributed by atoms with Gasteiger partial charge in [0.15, 0.2) is 21.1 Å². The topological polar surface area (TPSA) is 98.5 Å². The van der Waals surface area contributed by atoms with Gasteiger partial charge >= 0.3 is 5.69 Å². The van der Waals surface area contributed by atoms with Crippen molar-refractivity contribution >= 4 is 38.9 Å². The lowest BCUT2D eigenvalue weighted by molar-refractivity contribution is 0.683. The maximum Gasteiger partial charge on any atom is 0.329 e. The van der Waals surface area contributed by atoms with Crippen molar-refractivity contribution < 1.29 is 0 Å². The third kappa shape index (κ3) is 3.29. The van der Waals surface area contributed by atoms with E-state index in [9.17, 15) is 9.59 Å². The molecule has 0 amide bonds. The fourth-order valence-electron chi connectivity index (χ4n) is 2.29. The van der Waals surface area contributed by atoms with Gasteiger partial charge in [-0.05, 0) is 35.3 Å². The van der Waals surface area contributed by atoms with E-state index >= 15 is 0 Å². The molecule has 0 unspecified atom stereocenters. The summed E-state index contributed by atoms with van der Waals surface area (Å²) in [6.07, 6.45) is 2.54. The van der Waals surface area contributed by atoms with Gasteiger partial charge in [-0.3, -0.25) is 14.3 Å². The number of thioether (sulfide) groups is 1. The van der Waals surface area contributed by atoms with Crippen LogP contribution in [0.3, 0.4) is 0 Å². The van der Waals surface area contributed by atoms with E-state index < -0.39 is 11.2 Å². The number of aryl methyl sites for hydroxylation is 3. The third-order valence-electron chi connectivity index (χ3n) is 3.49. The highest BCUT2D eigenvalue weighted by molar-refractivity contribution is 9.10. The molecule has 0 bridgehead atoms. The molecule has 0 radical (unpaired) electrons. The molecular formula is C14H15BrN6O2S. The average molecular weight is 411 g/mol. The van der Waals surface area contributed by atoms with E-state index in [0.29, 0.717) is 22.4 Å². The third-order valence-corrected chi connectivity index (χ3v) is 5.04. The second kappa shape index (κ2) is 6.89. The molecule has 0 aliphatic rings. The van der Waals surface area contributed by atoms with Crippen LogP contribution < -0.4 is 11.2 Å².